The van der Waals surface area contributed by atoms with Gasteiger partial charge in [0.05, 0.1) is 0 Å². The van der Waals surface area contributed by atoms with Crippen LogP contribution in [0.1, 0.15) is 19.3 Å². The molecule has 2 heterocycles. The fourth-order valence-corrected chi connectivity index (χ4v) is 1.68. The summed E-state index contributed by atoms with van der Waals surface area (Å²) in [5.74, 6) is 0. The lowest BCUT2D eigenvalue weighted by atomic mass is 10.1. The summed E-state index contributed by atoms with van der Waals surface area (Å²) < 4.78 is 0. The first-order valence-corrected chi connectivity index (χ1v) is 4.60. The van der Waals surface area contributed by atoms with Gasteiger partial charge in [0.2, 0.25) is 0 Å². The highest BCUT2D eigenvalue weighted by Gasteiger charge is 2.18. The smallest absolute Gasteiger partial charge is 0.105 e. The second-order valence-electron chi connectivity index (χ2n) is 3.27. The van der Waals surface area contributed by atoms with Crippen LogP contribution in [-0.2, 0) is 0 Å². The third-order valence-electron chi connectivity index (χ3n) is 2.36. The lowest BCUT2D eigenvalue weighted by Gasteiger charge is -2.31. The molecule has 1 saturated heterocycles. The third-order valence-corrected chi connectivity index (χ3v) is 2.36. The van der Waals surface area contributed by atoms with Crippen LogP contribution in [-0.4, -0.2) is 30.4 Å². The fraction of sp³-hybridized carbons (Fsp3) is 0.600. The van der Waals surface area contributed by atoms with Gasteiger partial charge in [0.15, 0.2) is 0 Å². The molecule has 0 aromatic rings. The van der Waals surface area contributed by atoms with Gasteiger partial charge in [-0.05, 0) is 25.3 Å². The molecule has 2 rings (SSSR count). The van der Waals surface area contributed by atoms with Crippen LogP contribution in [0.4, 0.5) is 0 Å². The Morgan fingerprint density at radius 1 is 1.50 bits per heavy atom. The van der Waals surface area contributed by atoms with Gasteiger partial charge in [-0.1, -0.05) is 6.08 Å². The van der Waals surface area contributed by atoms with Gasteiger partial charge < -0.3 is 0 Å². The van der Waals surface area contributed by atoms with E-state index in [0.717, 1.165) is 19.4 Å². The number of rotatable bonds is 1. The molecule has 0 aromatic carbocycles. The molecule has 0 amide bonds. The molecule has 1 fully saturated rings. The van der Waals surface area contributed by atoms with Crippen LogP contribution in [0.2, 0.25) is 0 Å². The summed E-state index contributed by atoms with van der Waals surface area (Å²) in [5.41, 5.74) is 0. The third kappa shape index (κ3) is 1.75. The minimum atomic E-state index is 0.391. The first-order valence-electron chi connectivity index (χ1n) is 4.60. The maximum atomic E-state index is 4.43. The largest absolute Gasteiger partial charge is 0.281 e. The Labute approximate surface area is 74.0 Å². The van der Waals surface area contributed by atoms with Crippen molar-refractivity contribution in [3.63, 3.8) is 0 Å². The first-order chi connectivity index (χ1) is 5.97. The Kier molecular flexibility index (Phi) is 2.57. The molecule has 0 bridgehead atoms. The molecule has 1 unspecified atom stereocenters. The molecule has 0 saturated carbocycles. The zero-order valence-electron chi connectivity index (χ0n) is 7.24. The lowest BCUT2D eigenvalue weighted by molar-refractivity contribution is 0.194. The summed E-state index contributed by atoms with van der Waals surface area (Å²) in [6.45, 7) is 2.18. The quantitative estimate of drug-likeness (QED) is 0.570. The normalized spacial score (nSPS) is 30.8. The molecule has 0 spiro atoms. The Morgan fingerprint density at radius 2 is 2.50 bits per heavy atom. The Balaban J connectivity index is 1.90. The van der Waals surface area contributed by atoms with Crippen LogP contribution in [0.3, 0.4) is 0 Å². The van der Waals surface area contributed by atoms with Gasteiger partial charge in [-0.15, -0.1) is 0 Å². The number of nitrogens with zero attached hydrogens (tertiary/aromatic N) is 2. The number of allylic oxidation sites excluding steroid dienone is 1. The van der Waals surface area contributed by atoms with Crippen LogP contribution in [0.15, 0.2) is 17.1 Å². The van der Waals surface area contributed by atoms with Gasteiger partial charge in [-0.25, -0.2) is 0 Å². The van der Waals surface area contributed by atoms with Crippen molar-refractivity contribution in [2.24, 2.45) is 4.99 Å². The van der Waals surface area contributed by atoms with Gasteiger partial charge in [0.25, 0.3) is 0 Å². The van der Waals surface area contributed by atoms with E-state index in [1.807, 2.05) is 12.3 Å². The summed E-state index contributed by atoms with van der Waals surface area (Å²) >= 11 is 0. The summed E-state index contributed by atoms with van der Waals surface area (Å²) in [5, 5.41) is 0. The van der Waals surface area contributed by atoms with Crippen molar-refractivity contribution >= 4 is 6.21 Å². The van der Waals surface area contributed by atoms with E-state index in [4.69, 9.17) is 0 Å². The van der Waals surface area contributed by atoms with E-state index in [9.17, 15) is 0 Å². The second-order valence-corrected chi connectivity index (χ2v) is 3.27. The van der Waals surface area contributed by atoms with E-state index in [-0.39, 0.29) is 0 Å². The van der Waals surface area contributed by atoms with E-state index in [1.165, 1.54) is 13.0 Å². The van der Waals surface area contributed by atoms with Crippen LogP contribution in [0.5, 0.6) is 0 Å². The van der Waals surface area contributed by atoms with Gasteiger partial charge in [-0.2, -0.15) is 0 Å². The van der Waals surface area contributed by atoms with E-state index >= 15 is 0 Å². The number of dihydropyridines is 1. The van der Waals surface area contributed by atoms with E-state index < -0.39 is 0 Å². The minimum absolute atomic E-state index is 0.391. The topological polar surface area (TPSA) is 15.6 Å². The zero-order valence-corrected chi connectivity index (χ0v) is 7.24. The highest BCUT2D eigenvalue weighted by Crippen LogP contribution is 2.15. The Hall–Kier alpha value is -0.630. The average Bonchev–Trinajstić information content (AvgIpc) is 2.21. The molecular formula is C10H14N2. The van der Waals surface area contributed by atoms with Gasteiger partial charge in [0.1, 0.15) is 6.17 Å². The van der Waals surface area contributed by atoms with Crippen molar-refractivity contribution in [2.45, 2.75) is 25.4 Å². The SMILES string of the molecule is [C]1CCCN(C2CC=CC=N2)C1. The molecule has 64 valence electrons. The van der Waals surface area contributed by atoms with E-state index in [0.29, 0.717) is 6.17 Å². The molecule has 2 aliphatic heterocycles. The van der Waals surface area contributed by atoms with Crippen LogP contribution >= 0.6 is 0 Å². The van der Waals surface area contributed by atoms with Gasteiger partial charge >= 0.3 is 0 Å². The number of piperidine rings is 1. The van der Waals surface area contributed by atoms with Crippen LogP contribution in [0.25, 0.3) is 0 Å². The molecule has 2 nitrogen and oxygen atoms in total. The standard InChI is InChI=1S/C10H14N2/c1-4-8-12(9-5-1)10-6-2-3-7-11-10/h2-3,7,10H,1,4,6,8-9H2. The summed E-state index contributed by atoms with van der Waals surface area (Å²) in [6, 6.07) is 0. The maximum absolute atomic E-state index is 4.43. The molecule has 2 heteroatoms. The predicted molar refractivity (Wildman–Crippen MR) is 50.1 cm³/mol. The number of hydrogen-bond acceptors (Lipinski definition) is 2. The molecule has 0 aliphatic carbocycles. The molecule has 1 atom stereocenters. The molecule has 0 aromatic heterocycles. The van der Waals surface area contributed by atoms with Crippen molar-refractivity contribution in [3.05, 3.63) is 18.6 Å². The highest BCUT2D eigenvalue weighted by atomic mass is 15.2. The Morgan fingerprint density at radius 3 is 3.17 bits per heavy atom. The molecule has 2 aliphatic rings. The summed E-state index contributed by atoms with van der Waals surface area (Å²) in [6.07, 6.45) is 13.3. The van der Waals surface area contributed by atoms with Crippen LogP contribution in [0, 0.1) is 6.42 Å². The lowest BCUT2D eigenvalue weighted by Crippen LogP contribution is -2.38. The molecule has 0 N–H and O–H groups in total. The second kappa shape index (κ2) is 3.85. The molecular weight excluding hydrogens is 148 g/mol. The van der Waals surface area contributed by atoms with Gasteiger partial charge in [0, 0.05) is 25.7 Å². The van der Waals surface area contributed by atoms with Crippen molar-refractivity contribution < 1.29 is 0 Å². The highest BCUT2D eigenvalue weighted by molar-refractivity contribution is 5.72. The maximum Gasteiger partial charge on any atom is 0.105 e. The zero-order chi connectivity index (χ0) is 8.23. The fourth-order valence-electron chi connectivity index (χ4n) is 1.68. The predicted octanol–water partition coefficient (Wildman–Crippen LogP) is 1.52. The van der Waals surface area contributed by atoms with Crippen LogP contribution < -0.4 is 0 Å². The minimum Gasteiger partial charge on any atom is -0.281 e. The number of likely N-dealkylation sites (tertiary alicyclic amines) is 1. The van der Waals surface area contributed by atoms with E-state index in [2.05, 4.69) is 22.4 Å². The van der Waals surface area contributed by atoms with Crippen molar-refractivity contribution in [3.8, 4) is 0 Å². The molecule has 12 heavy (non-hydrogen) atoms. The van der Waals surface area contributed by atoms with Crippen molar-refractivity contribution in [2.75, 3.05) is 13.1 Å². The monoisotopic (exact) mass is 162 g/mol. The van der Waals surface area contributed by atoms with E-state index in [1.54, 1.807) is 0 Å². The summed E-state index contributed by atoms with van der Waals surface area (Å²) in [7, 11) is 0. The summed E-state index contributed by atoms with van der Waals surface area (Å²) in [4.78, 5) is 6.82. The van der Waals surface area contributed by atoms with Gasteiger partial charge in [-0.3, -0.25) is 9.89 Å². The average molecular weight is 162 g/mol. The molecule has 2 radical (unpaired) electrons. The van der Waals surface area contributed by atoms with Crippen molar-refractivity contribution in [1.29, 1.82) is 0 Å². The Bertz CT molecular complexity index is 190. The first kappa shape index (κ1) is 7.99. The van der Waals surface area contributed by atoms with Crippen molar-refractivity contribution in [1.82, 2.24) is 4.90 Å². The number of hydrogen-bond donors (Lipinski definition) is 0. The number of aliphatic imine (C=N–C) groups is 1.